The summed E-state index contributed by atoms with van der Waals surface area (Å²) in [6.45, 7) is 2.05. The van der Waals surface area contributed by atoms with Crippen LogP contribution in [0.3, 0.4) is 0 Å². The van der Waals surface area contributed by atoms with Crippen molar-refractivity contribution in [2.24, 2.45) is 0 Å². The third-order valence-corrected chi connectivity index (χ3v) is 7.29. The second kappa shape index (κ2) is 12.0. The van der Waals surface area contributed by atoms with Gasteiger partial charge in [0.05, 0.1) is 24.5 Å². The van der Waals surface area contributed by atoms with E-state index in [2.05, 4.69) is 12.2 Å². The van der Waals surface area contributed by atoms with Gasteiger partial charge >= 0.3 is 0 Å². The van der Waals surface area contributed by atoms with Crippen molar-refractivity contribution in [2.75, 3.05) is 19.9 Å². The van der Waals surface area contributed by atoms with Crippen LogP contribution in [-0.4, -0.2) is 42.7 Å². The van der Waals surface area contributed by atoms with E-state index in [1.807, 2.05) is 60.5 Å². The highest BCUT2D eigenvalue weighted by Crippen LogP contribution is 2.27. The molecule has 2 aromatic rings. The maximum absolute atomic E-state index is 13.1. The Balaban J connectivity index is 1.64. The summed E-state index contributed by atoms with van der Waals surface area (Å²) in [6.07, 6.45) is 6.63. The van der Waals surface area contributed by atoms with Gasteiger partial charge in [-0.15, -0.1) is 11.8 Å². The van der Waals surface area contributed by atoms with Crippen LogP contribution in [-0.2, 0) is 4.79 Å². The van der Waals surface area contributed by atoms with E-state index in [0.29, 0.717) is 17.4 Å². The van der Waals surface area contributed by atoms with Crippen LogP contribution in [0.4, 0.5) is 0 Å². The molecule has 1 aliphatic rings. The van der Waals surface area contributed by atoms with Crippen LogP contribution in [0.5, 0.6) is 5.75 Å². The van der Waals surface area contributed by atoms with Crippen molar-refractivity contribution in [2.45, 2.75) is 62.4 Å². The number of ether oxygens (including phenoxy) is 1. The Morgan fingerprint density at radius 1 is 1.09 bits per heavy atom. The molecule has 32 heavy (non-hydrogen) atoms. The molecule has 0 aromatic heterocycles. The van der Waals surface area contributed by atoms with E-state index in [9.17, 15) is 9.59 Å². The van der Waals surface area contributed by atoms with Gasteiger partial charge in [-0.3, -0.25) is 9.59 Å². The van der Waals surface area contributed by atoms with Crippen molar-refractivity contribution in [3.63, 3.8) is 0 Å². The molecule has 0 heterocycles. The molecule has 0 saturated heterocycles. The number of rotatable bonds is 9. The van der Waals surface area contributed by atoms with Gasteiger partial charge in [0.2, 0.25) is 5.91 Å². The van der Waals surface area contributed by atoms with Gasteiger partial charge in [-0.1, -0.05) is 50.5 Å². The number of thioether (sulfide) groups is 1. The van der Waals surface area contributed by atoms with Crippen LogP contribution in [0.15, 0.2) is 53.4 Å². The summed E-state index contributed by atoms with van der Waals surface area (Å²) in [7, 11) is 3.55. The van der Waals surface area contributed by atoms with E-state index in [0.717, 1.165) is 35.5 Å². The van der Waals surface area contributed by atoms with E-state index in [1.54, 1.807) is 7.11 Å². The number of carbonyl (C=O) groups excluding carboxylic acids is 2. The Morgan fingerprint density at radius 3 is 2.44 bits per heavy atom. The van der Waals surface area contributed by atoms with Gasteiger partial charge in [0.25, 0.3) is 5.91 Å². The molecule has 1 atom stereocenters. The first kappa shape index (κ1) is 24.2. The molecule has 1 fully saturated rings. The monoisotopic (exact) mass is 454 g/mol. The Kier molecular flexibility index (Phi) is 9.03. The fraction of sp³-hybridized carbons (Fsp3) is 0.462. The number of hydrogen-bond acceptors (Lipinski definition) is 4. The lowest BCUT2D eigenvalue weighted by Crippen LogP contribution is -2.39. The Hall–Kier alpha value is -2.47. The van der Waals surface area contributed by atoms with Crippen molar-refractivity contribution >= 4 is 23.6 Å². The zero-order valence-corrected chi connectivity index (χ0v) is 20.1. The molecule has 1 unspecified atom stereocenters. The number of amides is 2. The molecule has 1 aliphatic carbocycles. The average molecular weight is 455 g/mol. The standard InChI is InChI=1S/C26H34N2O3S/c1-4-23(19-14-16-21(31-3)17-15-19)27-26(30)22-12-8-9-13-24(22)32-18-25(29)28(2)20-10-6-5-7-11-20/h8-9,12-17,20,23H,4-7,10-11,18H2,1-3H3,(H,27,30). The molecule has 5 nitrogen and oxygen atoms in total. The largest absolute Gasteiger partial charge is 0.497 e. The van der Waals surface area contributed by atoms with Crippen molar-refractivity contribution in [1.29, 1.82) is 0 Å². The molecule has 0 aliphatic heterocycles. The van der Waals surface area contributed by atoms with Crippen molar-refractivity contribution < 1.29 is 14.3 Å². The normalized spacial score (nSPS) is 15.1. The van der Waals surface area contributed by atoms with Crippen LogP contribution in [0.1, 0.15) is 67.4 Å². The SMILES string of the molecule is CCC(NC(=O)c1ccccc1SCC(=O)N(C)C1CCCCC1)c1ccc(OC)cc1. The number of nitrogens with one attached hydrogen (secondary N) is 1. The first-order valence-corrected chi connectivity index (χ1v) is 12.4. The van der Waals surface area contributed by atoms with Gasteiger partial charge in [-0.05, 0) is 49.1 Å². The third kappa shape index (κ3) is 6.28. The van der Waals surface area contributed by atoms with Gasteiger partial charge < -0.3 is 15.0 Å². The van der Waals surface area contributed by atoms with Crippen LogP contribution < -0.4 is 10.1 Å². The molecular formula is C26H34N2O3S. The molecule has 3 rings (SSSR count). The minimum atomic E-state index is -0.121. The minimum absolute atomic E-state index is 0.0921. The molecule has 2 aromatic carbocycles. The summed E-state index contributed by atoms with van der Waals surface area (Å²) in [5.41, 5.74) is 1.65. The van der Waals surface area contributed by atoms with Crippen LogP contribution >= 0.6 is 11.8 Å². The van der Waals surface area contributed by atoms with Crippen LogP contribution in [0, 0.1) is 0 Å². The fourth-order valence-corrected chi connectivity index (χ4v) is 5.16. The zero-order chi connectivity index (χ0) is 22.9. The van der Waals surface area contributed by atoms with E-state index in [4.69, 9.17) is 4.74 Å². The number of nitrogens with zero attached hydrogens (tertiary/aromatic N) is 1. The summed E-state index contributed by atoms with van der Waals surface area (Å²) < 4.78 is 5.23. The number of benzene rings is 2. The molecule has 172 valence electrons. The van der Waals surface area contributed by atoms with Crippen molar-refractivity contribution in [3.05, 3.63) is 59.7 Å². The molecule has 1 N–H and O–H groups in total. The maximum atomic E-state index is 13.1. The second-order valence-electron chi connectivity index (χ2n) is 8.29. The maximum Gasteiger partial charge on any atom is 0.252 e. The summed E-state index contributed by atoms with van der Waals surface area (Å²) in [6, 6.07) is 15.6. The summed E-state index contributed by atoms with van der Waals surface area (Å²) >= 11 is 1.44. The van der Waals surface area contributed by atoms with Crippen molar-refractivity contribution in [3.8, 4) is 5.75 Å². The molecule has 0 radical (unpaired) electrons. The van der Waals surface area contributed by atoms with Crippen LogP contribution in [0.25, 0.3) is 0 Å². The minimum Gasteiger partial charge on any atom is -0.497 e. The lowest BCUT2D eigenvalue weighted by Gasteiger charge is -2.31. The summed E-state index contributed by atoms with van der Waals surface area (Å²) in [5.74, 6) is 1.14. The first-order valence-electron chi connectivity index (χ1n) is 11.5. The van der Waals surface area contributed by atoms with E-state index < -0.39 is 0 Å². The molecule has 1 saturated carbocycles. The Morgan fingerprint density at radius 2 is 1.78 bits per heavy atom. The number of carbonyl (C=O) groups is 2. The predicted molar refractivity (Wildman–Crippen MR) is 130 cm³/mol. The average Bonchev–Trinajstić information content (AvgIpc) is 2.86. The van der Waals surface area contributed by atoms with Crippen molar-refractivity contribution in [1.82, 2.24) is 10.2 Å². The molecule has 2 amide bonds. The fourth-order valence-electron chi connectivity index (χ4n) is 4.19. The van der Waals surface area contributed by atoms with Gasteiger partial charge in [-0.25, -0.2) is 0 Å². The zero-order valence-electron chi connectivity index (χ0n) is 19.3. The lowest BCUT2D eigenvalue weighted by molar-refractivity contribution is -0.129. The van der Waals surface area contributed by atoms with E-state index >= 15 is 0 Å². The van der Waals surface area contributed by atoms with Gasteiger partial charge in [0.1, 0.15) is 5.75 Å². The topological polar surface area (TPSA) is 58.6 Å². The highest BCUT2D eigenvalue weighted by Gasteiger charge is 2.23. The van der Waals surface area contributed by atoms with Crippen LogP contribution in [0.2, 0.25) is 0 Å². The Labute approximate surface area is 195 Å². The quantitative estimate of drug-likeness (QED) is 0.511. The Bertz CT molecular complexity index is 894. The first-order chi connectivity index (χ1) is 15.5. The molecule has 0 spiro atoms. The molecular weight excluding hydrogens is 420 g/mol. The summed E-state index contributed by atoms with van der Waals surface area (Å²) in [4.78, 5) is 28.6. The third-order valence-electron chi connectivity index (χ3n) is 6.23. The number of hydrogen-bond donors (Lipinski definition) is 1. The van der Waals surface area contributed by atoms with E-state index in [1.165, 1.54) is 31.0 Å². The van der Waals surface area contributed by atoms with Gasteiger partial charge in [0.15, 0.2) is 0 Å². The number of methoxy groups -OCH3 is 1. The smallest absolute Gasteiger partial charge is 0.252 e. The highest BCUT2D eigenvalue weighted by atomic mass is 32.2. The van der Waals surface area contributed by atoms with Gasteiger partial charge in [-0.2, -0.15) is 0 Å². The van der Waals surface area contributed by atoms with Gasteiger partial charge in [0, 0.05) is 18.0 Å². The lowest BCUT2D eigenvalue weighted by atomic mass is 9.94. The molecule has 0 bridgehead atoms. The van der Waals surface area contributed by atoms with E-state index in [-0.39, 0.29) is 17.9 Å². The summed E-state index contributed by atoms with van der Waals surface area (Å²) in [5, 5.41) is 3.15. The molecule has 6 heteroatoms. The second-order valence-corrected chi connectivity index (χ2v) is 9.31. The highest BCUT2D eigenvalue weighted by molar-refractivity contribution is 8.00. The predicted octanol–water partition coefficient (Wildman–Crippen LogP) is 5.46.